The second kappa shape index (κ2) is 10.4. The minimum atomic E-state index is -1.04. The van der Waals surface area contributed by atoms with Crippen LogP contribution in [0.15, 0.2) is 64.9 Å². The summed E-state index contributed by atoms with van der Waals surface area (Å²) in [4.78, 5) is 38.7. The number of nitrogens with zero attached hydrogens (tertiary/aromatic N) is 1. The number of carbonyl (C=O) groups excluding carboxylic acids is 2. The minimum Gasteiger partial charge on any atom is -0.508 e. The smallest absolute Gasteiger partial charge is 0.335 e. The van der Waals surface area contributed by atoms with Crippen LogP contribution in [0.2, 0.25) is 0 Å². The standard InChI is InChI=1S/C28H25NO9/c1-35-24(31)14-19(22-9-8-21(37-22)16-2-4-17(5-3-16)28(33)34)25-20(30)7-6-18-26(32)23(38-27(18)25)15-29-10-12-36-13-11-29/h2-9,15,19,30H,10-14H2,1H3,(H,33,34)/b23-15-. The molecule has 5 rings (SSSR count). The van der Waals surface area contributed by atoms with Gasteiger partial charge in [0.05, 0.1) is 43.8 Å². The Bertz CT molecular complexity index is 1410. The quantitative estimate of drug-likeness (QED) is 0.350. The maximum absolute atomic E-state index is 13.1. The molecular weight excluding hydrogens is 494 g/mol. The molecule has 1 aromatic heterocycles. The third kappa shape index (κ3) is 4.85. The average Bonchev–Trinajstić information content (AvgIpc) is 3.53. The number of morpholine rings is 1. The first-order chi connectivity index (χ1) is 18.4. The van der Waals surface area contributed by atoms with E-state index in [0.29, 0.717) is 43.4 Å². The summed E-state index contributed by atoms with van der Waals surface area (Å²) in [6.07, 6.45) is 1.46. The Hall–Kier alpha value is -4.57. The fraction of sp³-hybridized carbons (Fsp3) is 0.250. The van der Waals surface area contributed by atoms with Gasteiger partial charge in [0, 0.05) is 30.4 Å². The Kier molecular flexibility index (Phi) is 6.89. The van der Waals surface area contributed by atoms with Crippen molar-refractivity contribution in [3.63, 3.8) is 0 Å². The SMILES string of the molecule is COC(=O)CC(c1ccc(-c2ccc(C(=O)O)cc2)o1)c1c(O)ccc2c1O/C(=C\N1CCOCC1)C2=O. The molecule has 38 heavy (non-hydrogen) atoms. The lowest BCUT2D eigenvalue weighted by atomic mass is 9.90. The van der Waals surface area contributed by atoms with E-state index < -0.39 is 17.9 Å². The number of hydrogen-bond acceptors (Lipinski definition) is 9. The largest absolute Gasteiger partial charge is 0.508 e. The van der Waals surface area contributed by atoms with Gasteiger partial charge in [0.2, 0.25) is 5.78 Å². The van der Waals surface area contributed by atoms with Crippen LogP contribution >= 0.6 is 0 Å². The lowest BCUT2D eigenvalue weighted by Gasteiger charge is -2.25. The number of aromatic hydroxyl groups is 1. The molecule has 0 amide bonds. The fourth-order valence-electron chi connectivity index (χ4n) is 4.53. The number of esters is 1. The predicted octanol–water partition coefficient (Wildman–Crippen LogP) is 3.79. The van der Waals surface area contributed by atoms with Crippen LogP contribution in [0.25, 0.3) is 11.3 Å². The lowest BCUT2D eigenvalue weighted by Crippen LogP contribution is -2.32. The topological polar surface area (TPSA) is 136 Å². The van der Waals surface area contributed by atoms with E-state index in [1.54, 1.807) is 30.5 Å². The van der Waals surface area contributed by atoms with Crippen molar-refractivity contribution >= 4 is 17.7 Å². The number of hydrogen-bond donors (Lipinski definition) is 2. The lowest BCUT2D eigenvalue weighted by molar-refractivity contribution is -0.140. The van der Waals surface area contributed by atoms with Crippen molar-refractivity contribution in [2.45, 2.75) is 12.3 Å². The van der Waals surface area contributed by atoms with Gasteiger partial charge in [-0.25, -0.2) is 4.79 Å². The van der Waals surface area contributed by atoms with Gasteiger partial charge in [0.1, 0.15) is 23.0 Å². The molecule has 0 spiro atoms. The van der Waals surface area contributed by atoms with E-state index >= 15 is 0 Å². The number of carbonyl (C=O) groups is 3. The van der Waals surface area contributed by atoms with E-state index in [9.17, 15) is 19.5 Å². The molecule has 3 heterocycles. The number of allylic oxidation sites excluding steroid dienone is 1. The van der Waals surface area contributed by atoms with Crippen LogP contribution in [0.3, 0.4) is 0 Å². The summed E-state index contributed by atoms with van der Waals surface area (Å²) in [5.74, 6) is -1.88. The average molecular weight is 520 g/mol. The van der Waals surface area contributed by atoms with Gasteiger partial charge in [0.25, 0.3) is 0 Å². The summed E-state index contributed by atoms with van der Waals surface area (Å²) < 4.78 is 22.3. The van der Waals surface area contributed by atoms with Gasteiger partial charge in [-0.05, 0) is 36.4 Å². The van der Waals surface area contributed by atoms with Gasteiger partial charge in [-0.2, -0.15) is 0 Å². The Balaban J connectivity index is 1.53. The second-order valence-corrected chi connectivity index (χ2v) is 8.87. The number of aromatic carboxylic acids is 1. The van der Waals surface area contributed by atoms with E-state index in [-0.39, 0.29) is 46.2 Å². The van der Waals surface area contributed by atoms with E-state index in [1.807, 2.05) is 4.90 Å². The van der Waals surface area contributed by atoms with Gasteiger partial charge in [-0.1, -0.05) is 12.1 Å². The first-order valence-corrected chi connectivity index (χ1v) is 12.0. The molecule has 0 bridgehead atoms. The monoisotopic (exact) mass is 519 g/mol. The number of Topliss-reactive ketones (excluding diaryl/α,β-unsaturated/α-hetero) is 1. The molecule has 0 radical (unpaired) electrons. The molecule has 1 atom stereocenters. The Morgan fingerprint density at radius 2 is 1.82 bits per heavy atom. The number of methoxy groups -OCH3 is 1. The third-order valence-electron chi connectivity index (χ3n) is 6.53. The highest BCUT2D eigenvalue weighted by Crippen LogP contribution is 2.47. The number of phenols is 1. The zero-order valence-corrected chi connectivity index (χ0v) is 20.5. The summed E-state index contributed by atoms with van der Waals surface area (Å²) in [6.45, 7) is 2.31. The number of phenolic OH excluding ortho intramolecular Hbond substituents is 1. The van der Waals surface area contributed by atoms with Crippen LogP contribution in [0.1, 0.15) is 44.4 Å². The number of fused-ring (bicyclic) bond motifs is 1. The van der Waals surface area contributed by atoms with Gasteiger partial charge < -0.3 is 33.7 Å². The van der Waals surface area contributed by atoms with Crippen LogP contribution in [0.5, 0.6) is 11.5 Å². The molecule has 2 aliphatic rings. The molecule has 196 valence electrons. The zero-order chi connectivity index (χ0) is 26.8. The van der Waals surface area contributed by atoms with Crippen molar-refractivity contribution in [3.05, 3.63) is 82.9 Å². The first-order valence-electron chi connectivity index (χ1n) is 12.0. The Labute approximate surface area is 217 Å². The molecule has 2 aliphatic heterocycles. The summed E-state index contributed by atoms with van der Waals surface area (Å²) in [6, 6.07) is 12.4. The van der Waals surface area contributed by atoms with Crippen molar-refractivity contribution in [1.82, 2.24) is 4.90 Å². The van der Waals surface area contributed by atoms with Gasteiger partial charge in [-0.3, -0.25) is 9.59 Å². The highest BCUT2D eigenvalue weighted by atomic mass is 16.5. The maximum Gasteiger partial charge on any atom is 0.335 e. The van der Waals surface area contributed by atoms with Gasteiger partial charge in [-0.15, -0.1) is 0 Å². The molecular formula is C28H25NO9. The zero-order valence-electron chi connectivity index (χ0n) is 20.5. The van der Waals surface area contributed by atoms with Crippen molar-refractivity contribution in [3.8, 4) is 22.8 Å². The third-order valence-corrected chi connectivity index (χ3v) is 6.53. The molecule has 10 heteroatoms. The van der Waals surface area contributed by atoms with E-state index in [4.69, 9.17) is 23.7 Å². The highest BCUT2D eigenvalue weighted by Gasteiger charge is 2.37. The molecule has 10 nitrogen and oxygen atoms in total. The van der Waals surface area contributed by atoms with E-state index in [0.717, 1.165) is 0 Å². The van der Waals surface area contributed by atoms with Crippen molar-refractivity contribution in [2.24, 2.45) is 0 Å². The minimum absolute atomic E-state index is 0.115. The molecule has 1 saturated heterocycles. The number of ether oxygens (including phenoxy) is 3. The van der Waals surface area contributed by atoms with E-state index in [2.05, 4.69) is 0 Å². The van der Waals surface area contributed by atoms with Crippen LogP contribution < -0.4 is 4.74 Å². The molecule has 0 aliphatic carbocycles. The van der Waals surface area contributed by atoms with Gasteiger partial charge in [0.15, 0.2) is 5.76 Å². The Morgan fingerprint density at radius 1 is 1.08 bits per heavy atom. The van der Waals surface area contributed by atoms with Crippen molar-refractivity contribution in [2.75, 3.05) is 33.4 Å². The number of carboxylic acids is 1. The molecule has 1 unspecified atom stereocenters. The van der Waals surface area contributed by atoms with Gasteiger partial charge >= 0.3 is 11.9 Å². The summed E-state index contributed by atoms with van der Waals surface area (Å²) in [5.41, 5.74) is 1.26. The predicted molar refractivity (Wildman–Crippen MR) is 133 cm³/mol. The molecule has 1 fully saturated rings. The first kappa shape index (κ1) is 25.1. The second-order valence-electron chi connectivity index (χ2n) is 8.87. The highest BCUT2D eigenvalue weighted by molar-refractivity contribution is 6.12. The number of furan rings is 1. The van der Waals surface area contributed by atoms with Crippen LogP contribution in [0.4, 0.5) is 0 Å². The summed E-state index contributed by atoms with van der Waals surface area (Å²) >= 11 is 0. The van der Waals surface area contributed by atoms with E-state index in [1.165, 1.54) is 31.4 Å². The Morgan fingerprint density at radius 3 is 2.50 bits per heavy atom. The molecule has 2 N–H and O–H groups in total. The number of ketones is 1. The summed E-state index contributed by atoms with van der Waals surface area (Å²) in [7, 11) is 1.26. The number of carboxylic acid groups (broad SMARTS) is 1. The molecule has 3 aromatic rings. The summed E-state index contributed by atoms with van der Waals surface area (Å²) in [5, 5.41) is 20.1. The normalized spacial score (nSPS) is 16.7. The fourth-order valence-corrected chi connectivity index (χ4v) is 4.53. The molecule has 0 saturated carbocycles. The van der Waals surface area contributed by atoms with Crippen LogP contribution in [-0.4, -0.2) is 66.2 Å². The number of rotatable bonds is 7. The maximum atomic E-state index is 13.1. The van der Waals surface area contributed by atoms with Crippen molar-refractivity contribution < 1.29 is 43.2 Å². The number of benzene rings is 2. The van der Waals surface area contributed by atoms with Crippen LogP contribution in [0, 0.1) is 0 Å². The van der Waals surface area contributed by atoms with Crippen molar-refractivity contribution in [1.29, 1.82) is 0 Å². The molecule has 2 aromatic carbocycles. The van der Waals surface area contributed by atoms with Crippen LogP contribution in [-0.2, 0) is 14.3 Å².